The molecule has 2 rings (SSSR count). The molecule has 0 aliphatic rings. The molecule has 0 saturated carbocycles. The predicted molar refractivity (Wildman–Crippen MR) is 71.6 cm³/mol. The van der Waals surface area contributed by atoms with Crippen molar-refractivity contribution in [3.8, 4) is 0 Å². The topological polar surface area (TPSA) is 50.7 Å². The van der Waals surface area contributed by atoms with Gasteiger partial charge in [-0.1, -0.05) is 18.3 Å². The number of thiazole rings is 1. The van der Waals surface area contributed by atoms with Crippen LogP contribution in [0.4, 0.5) is 0 Å². The average Bonchev–Trinajstić information content (AvgIpc) is 2.96. The summed E-state index contributed by atoms with van der Waals surface area (Å²) in [7, 11) is 1.97. The fraction of sp³-hybridized carbons (Fsp3) is 0.545. The van der Waals surface area contributed by atoms with Crippen LogP contribution in [0, 0.1) is 0 Å². The van der Waals surface area contributed by atoms with Crippen molar-refractivity contribution in [2.45, 2.75) is 32.2 Å². The van der Waals surface area contributed by atoms with Crippen LogP contribution < -0.4 is 5.32 Å². The fourth-order valence-corrected chi connectivity index (χ4v) is 3.28. The molecule has 2 aromatic rings. The van der Waals surface area contributed by atoms with Gasteiger partial charge in [0.2, 0.25) is 0 Å². The molecule has 0 spiro atoms. The van der Waals surface area contributed by atoms with Crippen LogP contribution in [0.3, 0.4) is 0 Å². The first-order chi connectivity index (χ1) is 8.22. The van der Waals surface area contributed by atoms with Gasteiger partial charge in [-0.2, -0.15) is 0 Å². The zero-order valence-electron chi connectivity index (χ0n) is 10.2. The highest BCUT2D eigenvalue weighted by Crippen LogP contribution is 2.28. The SMILES string of the molecule is CNC(Cc1nccs1)c1snnc1C(C)C. The van der Waals surface area contributed by atoms with Gasteiger partial charge in [0, 0.05) is 18.0 Å². The lowest BCUT2D eigenvalue weighted by Gasteiger charge is -2.14. The van der Waals surface area contributed by atoms with Crippen LogP contribution >= 0.6 is 22.9 Å². The Morgan fingerprint density at radius 2 is 2.24 bits per heavy atom. The largest absolute Gasteiger partial charge is 0.312 e. The maximum absolute atomic E-state index is 4.33. The molecule has 4 nitrogen and oxygen atoms in total. The monoisotopic (exact) mass is 268 g/mol. The summed E-state index contributed by atoms with van der Waals surface area (Å²) in [6.07, 6.45) is 2.75. The molecule has 1 unspecified atom stereocenters. The Bertz CT molecular complexity index is 450. The van der Waals surface area contributed by atoms with Crippen molar-refractivity contribution >= 4 is 22.9 Å². The smallest absolute Gasteiger partial charge is 0.0944 e. The van der Waals surface area contributed by atoms with Gasteiger partial charge in [0.05, 0.1) is 21.6 Å². The van der Waals surface area contributed by atoms with Crippen LogP contribution in [-0.4, -0.2) is 21.6 Å². The summed E-state index contributed by atoms with van der Waals surface area (Å²) in [5.74, 6) is 0.413. The highest BCUT2D eigenvalue weighted by molar-refractivity contribution is 7.09. The Balaban J connectivity index is 2.20. The second-order valence-corrected chi connectivity index (χ2v) is 5.91. The number of hydrogen-bond acceptors (Lipinski definition) is 6. The van der Waals surface area contributed by atoms with Crippen molar-refractivity contribution in [3.05, 3.63) is 27.2 Å². The highest BCUT2D eigenvalue weighted by Gasteiger charge is 2.20. The minimum absolute atomic E-state index is 0.263. The third kappa shape index (κ3) is 2.88. The molecule has 2 aromatic heterocycles. The molecule has 17 heavy (non-hydrogen) atoms. The Labute approximate surface area is 109 Å². The van der Waals surface area contributed by atoms with Gasteiger partial charge in [-0.3, -0.25) is 0 Å². The summed E-state index contributed by atoms with van der Waals surface area (Å²) in [4.78, 5) is 5.56. The molecule has 92 valence electrons. The molecule has 0 aliphatic heterocycles. The summed E-state index contributed by atoms with van der Waals surface area (Å²) in [6.45, 7) is 4.30. The minimum Gasteiger partial charge on any atom is -0.312 e. The van der Waals surface area contributed by atoms with Gasteiger partial charge in [0.1, 0.15) is 0 Å². The maximum atomic E-state index is 4.33. The Kier molecular flexibility index (Phi) is 4.20. The van der Waals surface area contributed by atoms with Crippen molar-refractivity contribution in [1.29, 1.82) is 0 Å². The first-order valence-electron chi connectivity index (χ1n) is 5.60. The van der Waals surface area contributed by atoms with Crippen LogP contribution in [0.2, 0.25) is 0 Å². The first-order valence-corrected chi connectivity index (χ1v) is 7.25. The molecular weight excluding hydrogens is 252 g/mol. The van der Waals surface area contributed by atoms with E-state index in [2.05, 4.69) is 33.7 Å². The van der Waals surface area contributed by atoms with Gasteiger partial charge in [-0.15, -0.1) is 16.4 Å². The Morgan fingerprint density at radius 3 is 2.82 bits per heavy atom. The van der Waals surface area contributed by atoms with E-state index in [1.54, 1.807) is 11.3 Å². The van der Waals surface area contributed by atoms with E-state index in [0.717, 1.165) is 17.1 Å². The fourth-order valence-electron chi connectivity index (χ4n) is 1.70. The molecule has 1 N–H and O–H groups in total. The molecule has 1 atom stereocenters. The Hall–Kier alpha value is -0.850. The van der Waals surface area contributed by atoms with Gasteiger partial charge in [0.15, 0.2) is 0 Å². The van der Waals surface area contributed by atoms with Crippen molar-refractivity contribution in [3.63, 3.8) is 0 Å². The van der Waals surface area contributed by atoms with Crippen molar-refractivity contribution in [1.82, 2.24) is 19.9 Å². The number of nitrogens with one attached hydrogen (secondary N) is 1. The normalized spacial score (nSPS) is 13.2. The number of rotatable bonds is 5. The molecule has 6 heteroatoms. The van der Waals surface area contributed by atoms with Crippen LogP contribution in [0.15, 0.2) is 11.6 Å². The molecule has 0 aliphatic carbocycles. The van der Waals surface area contributed by atoms with E-state index in [1.165, 1.54) is 16.4 Å². The van der Waals surface area contributed by atoms with E-state index in [4.69, 9.17) is 0 Å². The molecule has 2 heterocycles. The van der Waals surface area contributed by atoms with Gasteiger partial charge in [-0.25, -0.2) is 4.98 Å². The molecule has 0 aromatic carbocycles. The quantitative estimate of drug-likeness (QED) is 0.905. The van der Waals surface area contributed by atoms with E-state index in [9.17, 15) is 0 Å². The average molecular weight is 268 g/mol. The molecule has 0 amide bonds. The van der Waals surface area contributed by atoms with Gasteiger partial charge < -0.3 is 5.32 Å². The van der Waals surface area contributed by atoms with Crippen molar-refractivity contribution in [2.75, 3.05) is 7.05 Å². The van der Waals surface area contributed by atoms with Crippen LogP contribution in [0.25, 0.3) is 0 Å². The standard InChI is InChI=1S/C11H16N4S2/c1-7(2)10-11(17-15-14-10)8(12-3)6-9-13-4-5-16-9/h4-5,7-8,12H,6H2,1-3H3. The molecular formula is C11H16N4S2. The maximum Gasteiger partial charge on any atom is 0.0944 e. The predicted octanol–water partition coefficient (Wildman–Crippen LogP) is 2.62. The molecule has 0 fully saturated rings. The molecule has 0 radical (unpaired) electrons. The van der Waals surface area contributed by atoms with Crippen LogP contribution in [0.1, 0.15) is 41.4 Å². The zero-order valence-corrected chi connectivity index (χ0v) is 11.8. The number of hydrogen-bond donors (Lipinski definition) is 1. The highest BCUT2D eigenvalue weighted by atomic mass is 32.1. The van der Waals surface area contributed by atoms with Gasteiger partial charge >= 0.3 is 0 Å². The summed E-state index contributed by atoms with van der Waals surface area (Å²) >= 11 is 3.18. The molecule has 0 bridgehead atoms. The number of aromatic nitrogens is 3. The number of likely N-dealkylation sites (N-methyl/N-ethyl adjacent to an activating group) is 1. The van der Waals surface area contributed by atoms with Gasteiger partial charge in [-0.05, 0) is 24.5 Å². The minimum atomic E-state index is 0.263. The second-order valence-electron chi connectivity index (χ2n) is 4.15. The van der Waals surface area contributed by atoms with E-state index in [1.807, 2.05) is 18.6 Å². The van der Waals surface area contributed by atoms with Crippen LogP contribution in [-0.2, 0) is 6.42 Å². The summed E-state index contributed by atoms with van der Waals surface area (Å²) in [5.41, 5.74) is 1.10. The number of nitrogens with zero attached hydrogens (tertiary/aromatic N) is 3. The summed E-state index contributed by atoms with van der Waals surface area (Å²) in [5, 5.41) is 10.7. The first kappa shape index (κ1) is 12.6. The second kappa shape index (κ2) is 5.66. The lowest BCUT2D eigenvalue weighted by Crippen LogP contribution is -2.19. The van der Waals surface area contributed by atoms with Gasteiger partial charge in [0.25, 0.3) is 0 Å². The lowest BCUT2D eigenvalue weighted by molar-refractivity contribution is 0.588. The van der Waals surface area contributed by atoms with E-state index < -0.39 is 0 Å². The third-order valence-corrected chi connectivity index (χ3v) is 4.27. The van der Waals surface area contributed by atoms with E-state index in [0.29, 0.717) is 5.92 Å². The molecule has 0 saturated heterocycles. The van der Waals surface area contributed by atoms with E-state index in [-0.39, 0.29) is 6.04 Å². The Morgan fingerprint density at radius 1 is 1.41 bits per heavy atom. The van der Waals surface area contributed by atoms with Crippen molar-refractivity contribution < 1.29 is 0 Å². The third-order valence-electron chi connectivity index (χ3n) is 2.61. The van der Waals surface area contributed by atoms with Crippen LogP contribution in [0.5, 0.6) is 0 Å². The lowest BCUT2D eigenvalue weighted by atomic mass is 10.0. The van der Waals surface area contributed by atoms with Crippen molar-refractivity contribution in [2.24, 2.45) is 0 Å². The zero-order chi connectivity index (χ0) is 12.3. The van der Waals surface area contributed by atoms with E-state index >= 15 is 0 Å². The summed E-state index contributed by atoms with van der Waals surface area (Å²) in [6, 6.07) is 0.263. The summed E-state index contributed by atoms with van der Waals surface area (Å²) < 4.78 is 4.08.